The van der Waals surface area contributed by atoms with Crippen molar-refractivity contribution in [1.29, 1.82) is 0 Å². The summed E-state index contributed by atoms with van der Waals surface area (Å²) in [5, 5.41) is 3.28. The minimum Gasteiger partial charge on any atom is -0.493 e. The number of benzene rings is 1. The Morgan fingerprint density at radius 1 is 1.26 bits per heavy atom. The number of fused-ring (bicyclic) bond motifs is 1. The number of hydrogen-bond acceptors (Lipinski definition) is 4. The summed E-state index contributed by atoms with van der Waals surface area (Å²) in [6, 6.07) is 6.23. The van der Waals surface area contributed by atoms with E-state index in [1.807, 2.05) is 26.4 Å². The van der Waals surface area contributed by atoms with Gasteiger partial charge in [-0.3, -0.25) is 0 Å². The highest BCUT2D eigenvalue weighted by atomic mass is 16.5. The second kappa shape index (κ2) is 4.97. The van der Waals surface area contributed by atoms with E-state index < -0.39 is 0 Å². The van der Waals surface area contributed by atoms with Gasteiger partial charge in [-0.05, 0) is 25.1 Å². The van der Waals surface area contributed by atoms with Gasteiger partial charge in [0.15, 0.2) is 0 Å². The van der Waals surface area contributed by atoms with Crippen molar-refractivity contribution in [2.45, 2.75) is 19.4 Å². The fourth-order valence-electron chi connectivity index (χ4n) is 2.44. The van der Waals surface area contributed by atoms with Crippen LogP contribution in [0.5, 0.6) is 5.75 Å². The lowest BCUT2D eigenvalue weighted by Crippen LogP contribution is -2.20. The molecule has 1 aromatic carbocycles. The summed E-state index contributed by atoms with van der Waals surface area (Å²) >= 11 is 0. The highest BCUT2D eigenvalue weighted by molar-refractivity contribution is 5.47. The van der Waals surface area contributed by atoms with E-state index in [2.05, 4.69) is 33.5 Å². The number of rotatable bonds is 3. The molecule has 1 aliphatic rings. The summed E-state index contributed by atoms with van der Waals surface area (Å²) in [5.74, 6) is 1.77. The van der Waals surface area contributed by atoms with E-state index in [4.69, 9.17) is 4.74 Å². The largest absolute Gasteiger partial charge is 0.493 e. The monoisotopic (exact) mass is 255 g/mol. The van der Waals surface area contributed by atoms with Crippen molar-refractivity contribution >= 4 is 0 Å². The first-order chi connectivity index (χ1) is 9.29. The van der Waals surface area contributed by atoms with Crippen LogP contribution < -0.4 is 10.1 Å². The molecular weight excluding hydrogens is 238 g/mol. The van der Waals surface area contributed by atoms with Crippen LogP contribution in [0.1, 0.15) is 28.6 Å². The molecule has 4 nitrogen and oxygen atoms in total. The average molecular weight is 255 g/mol. The molecule has 0 spiro atoms. The first-order valence-corrected chi connectivity index (χ1v) is 6.50. The molecule has 4 heteroatoms. The molecule has 1 N–H and O–H groups in total. The molecule has 0 saturated carbocycles. The smallest absolute Gasteiger partial charge is 0.149 e. The fourth-order valence-corrected chi connectivity index (χ4v) is 2.44. The zero-order valence-corrected chi connectivity index (χ0v) is 11.2. The molecule has 98 valence electrons. The van der Waals surface area contributed by atoms with E-state index in [9.17, 15) is 0 Å². The van der Waals surface area contributed by atoms with Crippen LogP contribution in [-0.2, 0) is 6.42 Å². The first-order valence-electron chi connectivity index (χ1n) is 6.50. The Hall–Kier alpha value is -1.94. The van der Waals surface area contributed by atoms with Gasteiger partial charge in [-0.15, -0.1) is 0 Å². The number of nitrogens with one attached hydrogen (secondary N) is 1. The molecule has 0 bridgehead atoms. The highest BCUT2D eigenvalue weighted by Gasteiger charge is 2.23. The topological polar surface area (TPSA) is 47.0 Å². The van der Waals surface area contributed by atoms with Crippen LogP contribution in [0.2, 0.25) is 0 Å². The van der Waals surface area contributed by atoms with Crippen molar-refractivity contribution in [2.24, 2.45) is 0 Å². The predicted octanol–water partition coefficient (Wildman–Crippen LogP) is 2.03. The predicted molar refractivity (Wildman–Crippen MR) is 73.3 cm³/mol. The van der Waals surface area contributed by atoms with Crippen molar-refractivity contribution in [1.82, 2.24) is 15.3 Å². The molecule has 1 atom stereocenters. The van der Waals surface area contributed by atoms with Gasteiger partial charge in [0.25, 0.3) is 0 Å². The number of aryl methyl sites for hydroxylation is 1. The van der Waals surface area contributed by atoms with Gasteiger partial charge in [0, 0.05) is 24.4 Å². The average Bonchev–Trinajstić information content (AvgIpc) is 2.91. The Kier molecular flexibility index (Phi) is 3.17. The van der Waals surface area contributed by atoms with E-state index in [0.29, 0.717) is 0 Å². The van der Waals surface area contributed by atoms with Gasteiger partial charge < -0.3 is 10.1 Å². The molecule has 19 heavy (non-hydrogen) atoms. The van der Waals surface area contributed by atoms with Crippen LogP contribution in [0.4, 0.5) is 0 Å². The maximum Gasteiger partial charge on any atom is 0.149 e. The molecular formula is C15H17N3O. The zero-order valence-electron chi connectivity index (χ0n) is 11.2. The van der Waals surface area contributed by atoms with Crippen molar-refractivity contribution < 1.29 is 4.74 Å². The van der Waals surface area contributed by atoms with Gasteiger partial charge in [0.05, 0.1) is 12.6 Å². The summed E-state index contributed by atoms with van der Waals surface area (Å²) in [4.78, 5) is 8.84. The van der Waals surface area contributed by atoms with Gasteiger partial charge in [0.2, 0.25) is 0 Å². The summed E-state index contributed by atoms with van der Waals surface area (Å²) in [6.07, 6.45) is 4.67. The van der Waals surface area contributed by atoms with Crippen LogP contribution in [0.25, 0.3) is 0 Å². The third-order valence-electron chi connectivity index (χ3n) is 3.40. The Labute approximate surface area is 112 Å². The standard InChI is InChI=1S/C15H17N3O/c1-10-8-17-15(18-9-10)13(16-2)12-5-3-4-11-6-7-19-14(11)12/h3-5,8-9,13,16H,6-7H2,1-2H3. The number of ether oxygens (including phenoxy) is 1. The first kappa shape index (κ1) is 12.1. The van der Waals surface area contributed by atoms with Crippen molar-refractivity contribution in [3.8, 4) is 5.75 Å². The van der Waals surface area contributed by atoms with Crippen LogP contribution in [0.15, 0.2) is 30.6 Å². The van der Waals surface area contributed by atoms with Crippen LogP contribution >= 0.6 is 0 Å². The quantitative estimate of drug-likeness (QED) is 0.911. The fraction of sp³-hybridized carbons (Fsp3) is 0.333. The van der Waals surface area contributed by atoms with Gasteiger partial charge in [-0.25, -0.2) is 9.97 Å². The van der Waals surface area contributed by atoms with Gasteiger partial charge >= 0.3 is 0 Å². The molecule has 2 aromatic rings. The van der Waals surface area contributed by atoms with Crippen LogP contribution in [-0.4, -0.2) is 23.6 Å². The molecule has 0 aliphatic carbocycles. The second-order valence-corrected chi connectivity index (χ2v) is 4.77. The number of para-hydroxylation sites is 1. The summed E-state index contributed by atoms with van der Waals surface area (Å²) < 4.78 is 5.76. The lowest BCUT2D eigenvalue weighted by Gasteiger charge is -2.18. The lowest BCUT2D eigenvalue weighted by atomic mass is 10.0. The zero-order chi connectivity index (χ0) is 13.2. The maximum atomic E-state index is 5.76. The number of hydrogen-bond donors (Lipinski definition) is 1. The molecule has 1 unspecified atom stereocenters. The van der Waals surface area contributed by atoms with Gasteiger partial charge in [-0.1, -0.05) is 18.2 Å². The van der Waals surface area contributed by atoms with Gasteiger partial charge in [-0.2, -0.15) is 0 Å². The molecule has 0 fully saturated rings. The Morgan fingerprint density at radius 3 is 2.79 bits per heavy atom. The normalized spacial score (nSPS) is 14.8. The van der Waals surface area contributed by atoms with Crippen molar-refractivity contribution in [3.05, 3.63) is 53.1 Å². The van der Waals surface area contributed by atoms with E-state index in [1.54, 1.807) is 0 Å². The van der Waals surface area contributed by atoms with Gasteiger partial charge in [0.1, 0.15) is 11.6 Å². The Morgan fingerprint density at radius 2 is 2.05 bits per heavy atom. The maximum absolute atomic E-state index is 5.76. The van der Waals surface area contributed by atoms with Crippen molar-refractivity contribution in [3.63, 3.8) is 0 Å². The number of aromatic nitrogens is 2. The molecule has 1 aromatic heterocycles. The minimum absolute atomic E-state index is 0.0337. The van der Waals surface area contributed by atoms with E-state index in [0.717, 1.165) is 35.7 Å². The Bertz CT molecular complexity index is 580. The second-order valence-electron chi connectivity index (χ2n) is 4.77. The van der Waals surface area contributed by atoms with Crippen LogP contribution in [0, 0.1) is 6.92 Å². The van der Waals surface area contributed by atoms with E-state index in [-0.39, 0.29) is 6.04 Å². The van der Waals surface area contributed by atoms with Crippen molar-refractivity contribution in [2.75, 3.05) is 13.7 Å². The summed E-state index contributed by atoms with van der Waals surface area (Å²) in [5.41, 5.74) is 3.44. The summed E-state index contributed by atoms with van der Waals surface area (Å²) in [6.45, 7) is 2.75. The molecule has 1 aliphatic heterocycles. The molecule has 0 amide bonds. The SMILES string of the molecule is CNC(c1ncc(C)cn1)c1cccc2c1OCC2. The molecule has 0 saturated heterocycles. The summed E-state index contributed by atoms with van der Waals surface area (Å²) in [7, 11) is 1.92. The number of nitrogens with zero attached hydrogens (tertiary/aromatic N) is 2. The lowest BCUT2D eigenvalue weighted by molar-refractivity contribution is 0.350. The third kappa shape index (κ3) is 2.19. The van der Waals surface area contributed by atoms with Crippen LogP contribution in [0.3, 0.4) is 0 Å². The molecule has 3 rings (SSSR count). The minimum atomic E-state index is -0.0337. The third-order valence-corrected chi connectivity index (χ3v) is 3.40. The highest BCUT2D eigenvalue weighted by Crippen LogP contribution is 2.34. The van der Waals surface area contributed by atoms with E-state index in [1.165, 1.54) is 5.56 Å². The molecule has 2 heterocycles. The van der Waals surface area contributed by atoms with E-state index >= 15 is 0 Å². The molecule has 0 radical (unpaired) electrons. The Balaban J connectivity index is 2.03.